The van der Waals surface area contributed by atoms with E-state index in [0.717, 1.165) is 29.6 Å². The van der Waals surface area contributed by atoms with E-state index in [2.05, 4.69) is 19.9 Å². The van der Waals surface area contributed by atoms with Crippen LogP contribution in [0.2, 0.25) is 0 Å². The maximum absolute atomic E-state index is 9.98. The van der Waals surface area contributed by atoms with Gasteiger partial charge in [0.25, 0.3) is 0 Å². The Kier molecular flexibility index (Phi) is 8.74. The van der Waals surface area contributed by atoms with Gasteiger partial charge in [0.05, 0.1) is 11.5 Å². The fourth-order valence-corrected chi connectivity index (χ4v) is 7.42. The van der Waals surface area contributed by atoms with E-state index in [4.69, 9.17) is 0 Å². The minimum Gasteiger partial charge on any atom is -0.198 e. The van der Waals surface area contributed by atoms with Gasteiger partial charge in [0.15, 0.2) is 0 Å². The Hall–Kier alpha value is -0.510. The summed E-state index contributed by atoms with van der Waals surface area (Å²) in [6.07, 6.45) is 25.0. The van der Waals surface area contributed by atoms with Gasteiger partial charge in [-0.05, 0) is 81.0 Å². The minimum atomic E-state index is 0.0405. The number of fused-ring (bicyclic) bond motifs is 3. The van der Waals surface area contributed by atoms with E-state index in [1.165, 1.54) is 109 Å². The van der Waals surface area contributed by atoms with Crippen LogP contribution in [0.25, 0.3) is 0 Å². The molecule has 3 fully saturated rings. The van der Waals surface area contributed by atoms with Crippen molar-refractivity contribution in [2.75, 3.05) is 0 Å². The minimum absolute atomic E-state index is 0.0405. The van der Waals surface area contributed by atoms with Crippen LogP contribution in [0.5, 0.6) is 0 Å². The van der Waals surface area contributed by atoms with Crippen molar-refractivity contribution in [1.29, 1.82) is 5.26 Å². The van der Waals surface area contributed by atoms with Crippen LogP contribution in [0, 0.1) is 46.3 Å². The summed E-state index contributed by atoms with van der Waals surface area (Å²) in [5, 5.41) is 9.98. The molecule has 4 unspecified atom stereocenters. The Morgan fingerprint density at radius 3 is 2.29 bits per heavy atom. The molecule has 0 spiro atoms. The molecule has 3 aliphatic rings. The van der Waals surface area contributed by atoms with E-state index < -0.39 is 0 Å². The molecular weight excluding hydrogens is 338 g/mol. The largest absolute Gasteiger partial charge is 0.198 e. The van der Waals surface area contributed by atoms with Crippen LogP contribution >= 0.6 is 0 Å². The zero-order chi connectivity index (χ0) is 19.8. The van der Waals surface area contributed by atoms with Crippen molar-refractivity contribution < 1.29 is 0 Å². The molecule has 1 nitrogen and oxygen atoms in total. The molecule has 0 aromatic rings. The van der Waals surface area contributed by atoms with Crippen LogP contribution in [0.15, 0.2) is 0 Å². The van der Waals surface area contributed by atoms with Crippen molar-refractivity contribution in [3.63, 3.8) is 0 Å². The summed E-state index contributed by atoms with van der Waals surface area (Å²) in [5.41, 5.74) is 0.0405. The van der Waals surface area contributed by atoms with Crippen molar-refractivity contribution in [3.05, 3.63) is 0 Å². The molecule has 0 saturated heterocycles. The van der Waals surface area contributed by atoms with Crippen LogP contribution < -0.4 is 0 Å². The van der Waals surface area contributed by atoms with Gasteiger partial charge in [0.2, 0.25) is 0 Å². The van der Waals surface area contributed by atoms with Crippen molar-refractivity contribution in [2.24, 2.45) is 35.0 Å². The van der Waals surface area contributed by atoms with Crippen molar-refractivity contribution >= 4 is 0 Å². The van der Waals surface area contributed by atoms with E-state index in [-0.39, 0.29) is 5.41 Å². The summed E-state index contributed by atoms with van der Waals surface area (Å²) >= 11 is 0. The topological polar surface area (TPSA) is 23.8 Å². The van der Waals surface area contributed by atoms with Crippen LogP contribution in [0.1, 0.15) is 129 Å². The predicted octanol–water partition coefficient (Wildman–Crippen LogP) is 8.68. The molecule has 0 N–H and O–H groups in total. The van der Waals surface area contributed by atoms with E-state index in [0.29, 0.717) is 0 Å². The number of hydrogen-bond donors (Lipinski definition) is 0. The Morgan fingerprint density at radius 1 is 0.786 bits per heavy atom. The molecule has 6 atom stereocenters. The normalized spacial score (nSPS) is 37.7. The summed E-state index contributed by atoms with van der Waals surface area (Å²) in [7, 11) is 0. The number of hydrogen-bond acceptors (Lipinski definition) is 1. The van der Waals surface area contributed by atoms with E-state index in [1.807, 2.05) is 0 Å². The molecule has 0 heterocycles. The molecule has 28 heavy (non-hydrogen) atoms. The summed E-state index contributed by atoms with van der Waals surface area (Å²) in [4.78, 5) is 0. The van der Waals surface area contributed by atoms with Gasteiger partial charge in [-0.25, -0.2) is 0 Å². The third kappa shape index (κ3) is 5.55. The summed E-state index contributed by atoms with van der Waals surface area (Å²) < 4.78 is 0. The lowest BCUT2D eigenvalue weighted by Crippen LogP contribution is -2.44. The van der Waals surface area contributed by atoms with Gasteiger partial charge >= 0.3 is 0 Å². The molecule has 0 aromatic heterocycles. The zero-order valence-corrected chi connectivity index (χ0v) is 19.1. The molecule has 1 heteroatoms. The van der Waals surface area contributed by atoms with Crippen molar-refractivity contribution in [3.8, 4) is 6.07 Å². The summed E-state index contributed by atoms with van der Waals surface area (Å²) in [5.74, 6) is 4.93. The lowest BCUT2D eigenvalue weighted by Gasteiger charge is -2.52. The molecule has 0 aliphatic heterocycles. The van der Waals surface area contributed by atoms with Crippen molar-refractivity contribution in [1.82, 2.24) is 0 Å². The highest BCUT2D eigenvalue weighted by Crippen LogP contribution is 2.57. The van der Waals surface area contributed by atoms with Crippen molar-refractivity contribution in [2.45, 2.75) is 129 Å². The maximum atomic E-state index is 9.98. The molecule has 0 aromatic carbocycles. The van der Waals surface area contributed by atoms with E-state index in [1.54, 1.807) is 6.42 Å². The first-order valence-electron chi connectivity index (χ1n) is 13.1. The van der Waals surface area contributed by atoms with Gasteiger partial charge in [-0.2, -0.15) is 5.26 Å². The van der Waals surface area contributed by atoms with Crippen LogP contribution in [-0.4, -0.2) is 0 Å². The third-order valence-electron chi connectivity index (χ3n) is 9.03. The van der Waals surface area contributed by atoms with Crippen LogP contribution in [0.4, 0.5) is 0 Å². The molecule has 3 saturated carbocycles. The molecule has 160 valence electrons. The Balaban J connectivity index is 1.47. The van der Waals surface area contributed by atoms with Gasteiger partial charge in [-0.1, -0.05) is 78.1 Å². The van der Waals surface area contributed by atoms with Gasteiger partial charge < -0.3 is 0 Å². The second-order valence-electron chi connectivity index (χ2n) is 10.9. The number of nitriles is 1. The third-order valence-corrected chi connectivity index (χ3v) is 9.03. The highest BCUT2D eigenvalue weighted by Gasteiger charge is 2.48. The first-order valence-corrected chi connectivity index (χ1v) is 13.1. The molecule has 0 radical (unpaired) electrons. The fourth-order valence-electron chi connectivity index (χ4n) is 7.42. The molecule has 3 rings (SSSR count). The van der Waals surface area contributed by atoms with Crippen LogP contribution in [0.3, 0.4) is 0 Å². The zero-order valence-electron chi connectivity index (χ0n) is 19.1. The fraction of sp³-hybridized carbons (Fsp3) is 0.963. The molecule has 0 bridgehead atoms. The Bertz CT molecular complexity index is 491. The summed E-state index contributed by atoms with van der Waals surface area (Å²) in [6, 6.07) is 2.83. The predicted molar refractivity (Wildman–Crippen MR) is 120 cm³/mol. The molecule has 0 amide bonds. The number of nitrogens with zero attached hydrogens (tertiary/aromatic N) is 1. The Labute approximate surface area is 176 Å². The lowest BCUT2D eigenvalue weighted by molar-refractivity contribution is -0.0181. The first kappa shape index (κ1) is 22.2. The average molecular weight is 386 g/mol. The van der Waals surface area contributed by atoms with Gasteiger partial charge in [0, 0.05) is 0 Å². The standard InChI is InChI=1S/C27H47N/c1-3-5-7-8-9-11-22-12-15-25-23(19-22)13-14-24-20-27(21-28,17-10-6-4-2)18-16-26(24)25/h22-26H,3-20H2,1-2H3/t22-,23?,24?,25?,26?,27+/m1/s1. The van der Waals surface area contributed by atoms with E-state index >= 15 is 0 Å². The van der Waals surface area contributed by atoms with Gasteiger partial charge in [-0.3, -0.25) is 0 Å². The highest BCUT2D eigenvalue weighted by atomic mass is 14.5. The maximum Gasteiger partial charge on any atom is 0.0689 e. The van der Waals surface area contributed by atoms with E-state index in [9.17, 15) is 5.26 Å². The van der Waals surface area contributed by atoms with Crippen LogP contribution in [-0.2, 0) is 0 Å². The Morgan fingerprint density at radius 2 is 1.50 bits per heavy atom. The smallest absolute Gasteiger partial charge is 0.0689 e. The SMILES string of the molecule is CCCCCCC[C@@H]1CCC2C(CCC3C[C@](C#N)(CCCCC)CCC32)C1. The highest BCUT2D eigenvalue weighted by molar-refractivity contribution is 5.06. The number of unbranched alkanes of at least 4 members (excludes halogenated alkanes) is 6. The quantitative estimate of drug-likeness (QED) is 0.345. The average Bonchev–Trinajstić information content (AvgIpc) is 2.73. The van der Waals surface area contributed by atoms with Gasteiger partial charge in [-0.15, -0.1) is 0 Å². The second-order valence-corrected chi connectivity index (χ2v) is 10.9. The second kappa shape index (κ2) is 11.0. The molecule has 3 aliphatic carbocycles. The summed E-state index contributed by atoms with van der Waals surface area (Å²) in [6.45, 7) is 4.59. The monoisotopic (exact) mass is 385 g/mol. The molecular formula is C27H47N. The van der Waals surface area contributed by atoms with Gasteiger partial charge in [0.1, 0.15) is 0 Å². The first-order chi connectivity index (χ1) is 13.7. The lowest BCUT2D eigenvalue weighted by atomic mass is 9.52. The number of rotatable bonds is 10.